The van der Waals surface area contributed by atoms with Crippen molar-refractivity contribution in [2.24, 2.45) is 0 Å². The molecule has 120 valence electrons. The molecule has 2 aromatic carbocycles. The van der Waals surface area contributed by atoms with Crippen LogP contribution < -0.4 is 16.6 Å². The van der Waals surface area contributed by atoms with Crippen LogP contribution in [-0.2, 0) is 0 Å². The number of aromatic nitrogens is 2. The van der Waals surface area contributed by atoms with Crippen LogP contribution in [0.2, 0.25) is 0 Å². The normalized spacial score (nSPS) is 10.2. The molecule has 7 nitrogen and oxygen atoms in total. The highest BCUT2D eigenvalue weighted by molar-refractivity contribution is 6.01. The smallest absolute Gasteiger partial charge is 0.275 e. The molecule has 2 amide bonds. The van der Waals surface area contributed by atoms with E-state index in [1.807, 2.05) is 30.3 Å². The topological polar surface area (TPSA) is 102 Å². The van der Waals surface area contributed by atoms with Gasteiger partial charge in [0.2, 0.25) is 0 Å². The van der Waals surface area contributed by atoms with E-state index in [0.29, 0.717) is 5.56 Å². The second-order valence-electron chi connectivity index (χ2n) is 4.97. The van der Waals surface area contributed by atoms with Gasteiger partial charge in [0, 0.05) is 5.56 Å². The number of nitrogen functional groups attached to an aromatic ring is 1. The molecular formula is C17H15N5O2. The Morgan fingerprint density at radius 3 is 2.12 bits per heavy atom. The fourth-order valence-electron chi connectivity index (χ4n) is 2.15. The fraction of sp³-hybridized carbons (Fsp3) is 0. The summed E-state index contributed by atoms with van der Waals surface area (Å²) in [5, 5.41) is 4.11. The van der Waals surface area contributed by atoms with E-state index in [1.54, 1.807) is 30.3 Å². The van der Waals surface area contributed by atoms with Crippen LogP contribution in [0.25, 0.3) is 5.69 Å². The van der Waals surface area contributed by atoms with Crippen LogP contribution >= 0.6 is 0 Å². The zero-order valence-electron chi connectivity index (χ0n) is 12.6. The summed E-state index contributed by atoms with van der Waals surface area (Å²) in [6.45, 7) is 0. The number of rotatable bonds is 3. The lowest BCUT2D eigenvalue weighted by Gasteiger charge is -2.07. The number of hydrogen-bond acceptors (Lipinski definition) is 4. The van der Waals surface area contributed by atoms with Gasteiger partial charge in [-0.15, -0.1) is 0 Å². The summed E-state index contributed by atoms with van der Waals surface area (Å²) in [6, 6.07) is 17.8. The van der Waals surface area contributed by atoms with Crippen LogP contribution in [0, 0.1) is 0 Å². The third-order valence-electron chi connectivity index (χ3n) is 3.38. The molecular weight excluding hydrogens is 306 g/mol. The van der Waals surface area contributed by atoms with Crippen molar-refractivity contribution >= 4 is 17.6 Å². The minimum Gasteiger partial charge on any atom is -0.383 e. The molecule has 0 atom stereocenters. The van der Waals surface area contributed by atoms with E-state index in [2.05, 4.69) is 16.0 Å². The first kappa shape index (κ1) is 15.3. The minimum atomic E-state index is -0.543. The summed E-state index contributed by atoms with van der Waals surface area (Å²) < 4.78 is 1.45. The van der Waals surface area contributed by atoms with Gasteiger partial charge in [0.1, 0.15) is 11.4 Å². The molecule has 7 heteroatoms. The van der Waals surface area contributed by atoms with Gasteiger partial charge in [-0.1, -0.05) is 36.4 Å². The molecule has 0 radical (unpaired) electrons. The lowest BCUT2D eigenvalue weighted by Crippen LogP contribution is -2.41. The summed E-state index contributed by atoms with van der Waals surface area (Å²) in [4.78, 5) is 24.1. The number of amides is 2. The number of benzene rings is 2. The minimum absolute atomic E-state index is 0.173. The average molecular weight is 321 g/mol. The second kappa shape index (κ2) is 6.66. The maximum absolute atomic E-state index is 12.2. The Kier molecular flexibility index (Phi) is 4.24. The van der Waals surface area contributed by atoms with Crippen molar-refractivity contribution in [2.45, 2.75) is 0 Å². The molecule has 0 saturated heterocycles. The van der Waals surface area contributed by atoms with Crippen molar-refractivity contribution in [1.82, 2.24) is 20.6 Å². The molecule has 3 rings (SSSR count). The van der Waals surface area contributed by atoms with E-state index < -0.39 is 11.8 Å². The Bertz CT molecular complexity index is 859. The second-order valence-corrected chi connectivity index (χ2v) is 4.97. The van der Waals surface area contributed by atoms with Crippen LogP contribution in [0.4, 0.5) is 5.82 Å². The Hall–Kier alpha value is -3.61. The van der Waals surface area contributed by atoms with Crippen LogP contribution in [0.1, 0.15) is 20.7 Å². The van der Waals surface area contributed by atoms with E-state index in [0.717, 1.165) is 5.69 Å². The highest BCUT2D eigenvalue weighted by Gasteiger charge is 2.16. The van der Waals surface area contributed by atoms with Gasteiger partial charge in [-0.2, -0.15) is 5.10 Å². The Morgan fingerprint density at radius 1 is 0.875 bits per heavy atom. The predicted octanol–water partition coefficient (Wildman–Crippen LogP) is 1.53. The van der Waals surface area contributed by atoms with Crippen LogP contribution in [0.5, 0.6) is 0 Å². The summed E-state index contributed by atoms with van der Waals surface area (Å²) in [6.07, 6.45) is 1.35. The molecule has 1 aromatic heterocycles. The van der Waals surface area contributed by atoms with Crippen LogP contribution in [0.3, 0.4) is 0 Å². The van der Waals surface area contributed by atoms with E-state index >= 15 is 0 Å². The lowest BCUT2D eigenvalue weighted by molar-refractivity contribution is 0.0847. The maximum Gasteiger partial charge on any atom is 0.275 e. The number of anilines is 1. The molecule has 0 fully saturated rings. The SMILES string of the molecule is Nc1c(C(=O)NNC(=O)c2ccccc2)cnn1-c1ccccc1. The number of para-hydroxylation sites is 1. The molecule has 0 aliphatic rings. The molecule has 0 saturated carbocycles. The summed E-state index contributed by atoms with van der Waals surface area (Å²) in [5.74, 6) is -0.774. The number of hydrazine groups is 1. The molecule has 4 N–H and O–H groups in total. The third-order valence-corrected chi connectivity index (χ3v) is 3.38. The molecule has 3 aromatic rings. The monoisotopic (exact) mass is 321 g/mol. The highest BCUT2D eigenvalue weighted by Crippen LogP contribution is 2.16. The maximum atomic E-state index is 12.2. The fourth-order valence-corrected chi connectivity index (χ4v) is 2.15. The van der Waals surface area contributed by atoms with Crippen molar-refractivity contribution < 1.29 is 9.59 Å². The molecule has 1 heterocycles. The first-order chi connectivity index (χ1) is 11.7. The van der Waals surface area contributed by atoms with Gasteiger partial charge >= 0.3 is 0 Å². The number of hydrogen-bond donors (Lipinski definition) is 3. The van der Waals surface area contributed by atoms with Crippen molar-refractivity contribution in [3.05, 3.63) is 78.0 Å². The Morgan fingerprint density at radius 2 is 1.46 bits per heavy atom. The van der Waals surface area contributed by atoms with Gasteiger partial charge in [-0.3, -0.25) is 20.4 Å². The number of nitrogens with two attached hydrogens (primary N) is 1. The zero-order chi connectivity index (χ0) is 16.9. The van der Waals surface area contributed by atoms with Gasteiger partial charge in [-0.25, -0.2) is 4.68 Å². The highest BCUT2D eigenvalue weighted by atomic mass is 16.2. The van der Waals surface area contributed by atoms with Crippen LogP contribution in [-0.4, -0.2) is 21.6 Å². The van der Waals surface area contributed by atoms with E-state index in [-0.39, 0.29) is 11.4 Å². The zero-order valence-corrected chi connectivity index (χ0v) is 12.6. The Balaban J connectivity index is 1.70. The van der Waals surface area contributed by atoms with Crippen molar-refractivity contribution in [1.29, 1.82) is 0 Å². The first-order valence-electron chi connectivity index (χ1n) is 7.21. The largest absolute Gasteiger partial charge is 0.383 e. The van der Waals surface area contributed by atoms with Gasteiger partial charge in [0.25, 0.3) is 11.8 Å². The quantitative estimate of drug-likeness (QED) is 0.637. The molecule has 0 unspecified atom stereocenters. The van der Waals surface area contributed by atoms with Crippen molar-refractivity contribution in [3.63, 3.8) is 0 Å². The summed E-state index contributed by atoms with van der Waals surface area (Å²) >= 11 is 0. The molecule has 0 spiro atoms. The average Bonchev–Trinajstić information content (AvgIpc) is 3.02. The van der Waals surface area contributed by atoms with E-state index in [9.17, 15) is 9.59 Å². The van der Waals surface area contributed by atoms with Gasteiger partial charge < -0.3 is 5.73 Å². The molecule has 24 heavy (non-hydrogen) atoms. The van der Waals surface area contributed by atoms with Gasteiger partial charge in [0.05, 0.1) is 11.9 Å². The number of nitrogens with one attached hydrogen (secondary N) is 2. The molecule has 0 aliphatic heterocycles. The molecule has 0 aliphatic carbocycles. The predicted molar refractivity (Wildman–Crippen MR) is 89.4 cm³/mol. The Labute approximate surface area is 138 Å². The summed E-state index contributed by atoms with van der Waals surface area (Å²) in [5.41, 5.74) is 12.0. The van der Waals surface area contributed by atoms with Crippen molar-refractivity contribution in [2.75, 3.05) is 5.73 Å². The van der Waals surface area contributed by atoms with E-state index in [1.165, 1.54) is 10.9 Å². The number of carbonyl (C=O) groups excluding carboxylic acids is 2. The standard InChI is InChI=1S/C17H15N5O2/c18-15-14(11-19-22(15)13-9-5-2-6-10-13)17(24)21-20-16(23)12-7-3-1-4-8-12/h1-11H,18H2,(H,20,23)(H,21,24). The third kappa shape index (κ3) is 3.09. The van der Waals surface area contributed by atoms with E-state index in [4.69, 9.17) is 5.73 Å². The van der Waals surface area contributed by atoms with Crippen molar-refractivity contribution in [3.8, 4) is 5.69 Å². The number of nitrogens with zero attached hydrogens (tertiary/aromatic N) is 2. The first-order valence-corrected chi connectivity index (χ1v) is 7.21. The van der Waals surface area contributed by atoms with Gasteiger partial charge in [0.15, 0.2) is 0 Å². The molecule has 0 bridgehead atoms. The lowest BCUT2D eigenvalue weighted by atomic mass is 10.2. The van der Waals surface area contributed by atoms with Crippen LogP contribution in [0.15, 0.2) is 66.9 Å². The number of carbonyl (C=O) groups is 2. The summed E-state index contributed by atoms with van der Waals surface area (Å²) in [7, 11) is 0. The van der Waals surface area contributed by atoms with Gasteiger partial charge in [-0.05, 0) is 24.3 Å².